The second kappa shape index (κ2) is 7.33. The molecule has 0 bridgehead atoms. The Labute approximate surface area is 134 Å². The summed E-state index contributed by atoms with van der Waals surface area (Å²) in [7, 11) is 1.60. The Morgan fingerprint density at radius 2 is 1.90 bits per heavy atom. The van der Waals surface area contributed by atoms with Crippen molar-refractivity contribution in [3.8, 4) is 11.5 Å². The number of hydrogen-bond acceptors (Lipinski definition) is 4. The van der Waals surface area contributed by atoms with E-state index in [-0.39, 0.29) is 0 Å². The molecule has 0 heterocycles. The molecule has 0 spiro atoms. The molecular weight excluding hydrogens is 302 g/mol. The van der Waals surface area contributed by atoms with E-state index in [1.165, 1.54) is 4.90 Å². The van der Waals surface area contributed by atoms with E-state index in [2.05, 4.69) is 0 Å². The predicted octanol–water partition coefficient (Wildman–Crippen LogP) is 3.63. The lowest BCUT2D eigenvalue weighted by molar-refractivity contribution is 0.305. The number of benzene rings is 2. The minimum Gasteiger partial charge on any atom is -0.496 e. The Kier molecular flexibility index (Phi) is 5.47. The lowest BCUT2D eigenvalue weighted by atomic mass is 10.1. The lowest BCUT2D eigenvalue weighted by Gasteiger charge is -2.11. The van der Waals surface area contributed by atoms with E-state index in [1.54, 1.807) is 18.9 Å². The summed E-state index contributed by atoms with van der Waals surface area (Å²) in [6, 6.07) is 13.7. The molecule has 21 heavy (non-hydrogen) atoms. The fourth-order valence-corrected chi connectivity index (χ4v) is 2.44. The van der Waals surface area contributed by atoms with Crippen molar-refractivity contribution in [3.05, 3.63) is 53.6 Å². The third-order valence-electron chi connectivity index (χ3n) is 2.99. The van der Waals surface area contributed by atoms with Crippen molar-refractivity contribution in [3.63, 3.8) is 0 Å². The van der Waals surface area contributed by atoms with Gasteiger partial charge in [-0.15, -0.1) is 11.8 Å². The first-order valence-corrected chi connectivity index (χ1v) is 8.01. The third-order valence-corrected chi connectivity index (χ3v) is 3.96. The van der Waals surface area contributed by atoms with Crippen LogP contribution in [0.1, 0.15) is 11.1 Å². The van der Waals surface area contributed by atoms with Crippen LogP contribution in [0.15, 0.2) is 47.4 Å². The van der Waals surface area contributed by atoms with Gasteiger partial charge in [-0.1, -0.05) is 18.3 Å². The summed E-state index contributed by atoms with van der Waals surface area (Å²) in [6.45, 7) is 0.457. The smallest absolute Gasteiger partial charge is 0.129 e. The molecule has 0 radical (unpaired) electrons. The van der Waals surface area contributed by atoms with Crippen molar-refractivity contribution >= 4 is 29.0 Å². The van der Waals surface area contributed by atoms with Crippen molar-refractivity contribution in [2.24, 2.45) is 5.73 Å². The Morgan fingerprint density at radius 1 is 1.19 bits per heavy atom. The Bertz CT molecular complexity index is 627. The van der Waals surface area contributed by atoms with Crippen molar-refractivity contribution in [1.82, 2.24) is 0 Å². The largest absolute Gasteiger partial charge is 0.496 e. The maximum Gasteiger partial charge on any atom is 0.129 e. The highest BCUT2D eigenvalue weighted by molar-refractivity contribution is 7.98. The Morgan fingerprint density at radius 3 is 2.48 bits per heavy atom. The summed E-state index contributed by atoms with van der Waals surface area (Å²) in [5, 5.41) is 0. The Balaban J connectivity index is 2.08. The molecule has 0 aliphatic heterocycles. The molecule has 0 saturated heterocycles. The summed E-state index contributed by atoms with van der Waals surface area (Å²) in [4.78, 5) is 1.53. The van der Waals surface area contributed by atoms with E-state index in [0.29, 0.717) is 17.3 Å². The van der Waals surface area contributed by atoms with Gasteiger partial charge in [-0.25, -0.2) is 0 Å². The van der Waals surface area contributed by atoms with Crippen LogP contribution >= 0.6 is 24.0 Å². The molecule has 2 N–H and O–H groups in total. The first-order chi connectivity index (χ1) is 10.1. The highest BCUT2D eigenvalue weighted by atomic mass is 32.2. The molecule has 2 aromatic carbocycles. The molecule has 0 amide bonds. The van der Waals surface area contributed by atoms with E-state index in [4.69, 9.17) is 27.4 Å². The van der Waals surface area contributed by atoms with Crippen LogP contribution in [-0.2, 0) is 6.61 Å². The van der Waals surface area contributed by atoms with Gasteiger partial charge >= 0.3 is 0 Å². The number of hydrogen-bond donors (Lipinski definition) is 1. The molecule has 0 saturated carbocycles. The van der Waals surface area contributed by atoms with Crippen LogP contribution in [0, 0.1) is 0 Å². The summed E-state index contributed by atoms with van der Waals surface area (Å²) in [5.74, 6) is 1.51. The van der Waals surface area contributed by atoms with Gasteiger partial charge in [0, 0.05) is 4.90 Å². The molecule has 0 fully saturated rings. The summed E-state index contributed by atoms with van der Waals surface area (Å²) >= 11 is 6.74. The third kappa shape index (κ3) is 4.12. The fourth-order valence-electron chi connectivity index (χ4n) is 1.88. The fraction of sp³-hybridized carbons (Fsp3) is 0.188. The lowest BCUT2D eigenvalue weighted by Crippen LogP contribution is -2.11. The second-order valence-corrected chi connectivity index (χ2v) is 5.68. The van der Waals surface area contributed by atoms with Crippen molar-refractivity contribution in [1.29, 1.82) is 0 Å². The highest BCUT2D eigenvalue weighted by Gasteiger charge is 2.07. The number of thiocarbonyl (C=S) groups is 1. The van der Waals surface area contributed by atoms with Gasteiger partial charge in [0.05, 0.1) is 12.7 Å². The van der Waals surface area contributed by atoms with Crippen molar-refractivity contribution < 1.29 is 9.47 Å². The van der Waals surface area contributed by atoms with E-state index in [0.717, 1.165) is 16.9 Å². The minimum absolute atomic E-state index is 0.318. The van der Waals surface area contributed by atoms with Crippen LogP contribution in [-0.4, -0.2) is 18.4 Å². The van der Waals surface area contributed by atoms with Crippen molar-refractivity contribution in [2.45, 2.75) is 11.5 Å². The number of nitrogens with two attached hydrogens (primary N) is 1. The molecular formula is C16H17NO2S2. The molecule has 110 valence electrons. The number of rotatable bonds is 6. The van der Waals surface area contributed by atoms with E-state index in [9.17, 15) is 0 Å². The molecule has 0 aliphatic carbocycles. The molecule has 5 heteroatoms. The van der Waals surface area contributed by atoms with Gasteiger partial charge in [0.25, 0.3) is 0 Å². The number of methoxy groups -OCH3 is 1. The van der Waals surface area contributed by atoms with Crippen LogP contribution in [0.5, 0.6) is 11.5 Å². The van der Waals surface area contributed by atoms with Crippen LogP contribution in [0.25, 0.3) is 0 Å². The van der Waals surface area contributed by atoms with Crippen LogP contribution in [0.3, 0.4) is 0 Å². The Hall–Kier alpha value is -1.72. The molecule has 0 aromatic heterocycles. The van der Waals surface area contributed by atoms with Gasteiger partial charge in [0.15, 0.2) is 0 Å². The first kappa shape index (κ1) is 15.7. The molecule has 0 unspecified atom stereocenters. The van der Waals surface area contributed by atoms with E-state index >= 15 is 0 Å². The molecule has 0 atom stereocenters. The monoisotopic (exact) mass is 319 g/mol. The van der Waals surface area contributed by atoms with Gasteiger partial charge in [-0.2, -0.15) is 0 Å². The van der Waals surface area contributed by atoms with Gasteiger partial charge < -0.3 is 15.2 Å². The van der Waals surface area contributed by atoms with Gasteiger partial charge in [0.2, 0.25) is 0 Å². The summed E-state index contributed by atoms with van der Waals surface area (Å²) < 4.78 is 11.0. The minimum atomic E-state index is 0.318. The maximum atomic E-state index is 5.77. The normalized spacial score (nSPS) is 10.2. The highest BCUT2D eigenvalue weighted by Crippen LogP contribution is 2.22. The zero-order chi connectivity index (χ0) is 15.2. The average molecular weight is 319 g/mol. The van der Waals surface area contributed by atoms with Gasteiger partial charge in [-0.05, 0) is 48.2 Å². The van der Waals surface area contributed by atoms with Gasteiger partial charge in [-0.3, -0.25) is 0 Å². The number of ether oxygens (including phenoxy) is 2. The number of thioether (sulfide) groups is 1. The maximum absolute atomic E-state index is 5.77. The van der Waals surface area contributed by atoms with Crippen molar-refractivity contribution in [2.75, 3.05) is 13.4 Å². The van der Waals surface area contributed by atoms with Crippen LogP contribution < -0.4 is 15.2 Å². The summed E-state index contributed by atoms with van der Waals surface area (Å²) in [5.41, 5.74) is 7.43. The topological polar surface area (TPSA) is 44.5 Å². The average Bonchev–Trinajstić information content (AvgIpc) is 2.53. The predicted molar refractivity (Wildman–Crippen MR) is 91.4 cm³/mol. The first-order valence-electron chi connectivity index (χ1n) is 6.37. The molecule has 2 aromatic rings. The molecule has 0 aliphatic rings. The van der Waals surface area contributed by atoms with Gasteiger partial charge in [0.1, 0.15) is 23.1 Å². The second-order valence-electron chi connectivity index (χ2n) is 4.36. The quantitative estimate of drug-likeness (QED) is 0.650. The zero-order valence-electron chi connectivity index (χ0n) is 12.0. The van der Waals surface area contributed by atoms with E-state index in [1.807, 2.05) is 48.7 Å². The molecule has 2 rings (SSSR count). The van der Waals surface area contributed by atoms with Crippen LogP contribution in [0.4, 0.5) is 0 Å². The SMILES string of the molecule is COc1ccc(COc2ccc(SC)cc2)cc1C(N)=S. The van der Waals surface area contributed by atoms with Crippen LogP contribution in [0.2, 0.25) is 0 Å². The van der Waals surface area contributed by atoms with E-state index < -0.39 is 0 Å². The molecule has 3 nitrogen and oxygen atoms in total. The standard InChI is InChI=1S/C16H17NO2S2/c1-18-15-8-3-11(9-14(15)16(17)20)10-19-12-4-6-13(21-2)7-5-12/h3-9H,10H2,1-2H3,(H2,17,20). The summed E-state index contributed by atoms with van der Waals surface area (Å²) in [6.07, 6.45) is 2.05. The zero-order valence-corrected chi connectivity index (χ0v) is 13.6.